The van der Waals surface area contributed by atoms with Gasteiger partial charge in [0, 0.05) is 29.1 Å². The maximum Gasteiger partial charge on any atom is 0.294 e. The van der Waals surface area contributed by atoms with Crippen LogP contribution in [0.1, 0.15) is 19.0 Å². The standard InChI is InChI=1S/C17H20ClN3O2S/c1-11-14(12-5-3-4-6-13(12)18)24-16(20-11)21-8-7-17(2,9-21)15(19)23-10-22/h3-6,10,15H,7-9,19H2,1-2H3. The minimum atomic E-state index is -0.607. The minimum Gasteiger partial charge on any atom is -0.448 e. The van der Waals surface area contributed by atoms with Crippen molar-refractivity contribution in [2.45, 2.75) is 26.5 Å². The van der Waals surface area contributed by atoms with Gasteiger partial charge < -0.3 is 9.64 Å². The van der Waals surface area contributed by atoms with E-state index >= 15 is 0 Å². The van der Waals surface area contributed by atoms with Crippen LogP contribution in [0.25, 0.3) is 10.4 Å². The molecule has 2 N–H and O–H groups in total. The zero-order chi connectivity index (χ0) is 17.3. The van der Waals surface area contributed by atoms with Crippen LogP contribution in [0.3, 0.4) is 0 Å². The molecule has 128 valence electrons. The highest BCUT2D eigenvalue weighted by atomic mass is 35.5. The second-order valence-corrected chi connectivity index (χ2v) is 7.75. The number of benzene rings is 1. The van der Waals surface area contributed by atoms with Gasteiger partial charge in [-0.15, -0.1) is 0 Å². The van der Waals surface area contributed by atoms with E-state index in [0.29, 0.717) is 13.0 Å². The fourth-order valence-electron chi connectivity index (χ4n) is 3.02. The van der Waals surface area contributed by atoms with Gasteiger partial charge in [-0.1, -0.05) is 48.1 Å². The van der Waals surface area contributed by atoms with E-state index in [0.717, 1.165) is 39.3 Å². The lowest BCUT2D eigenvalue weighted by molar-refractivity contribution is -0.138. The van der Waals surface area contributed by atoms with E-state index in [-0.39, 0.29) is 5.41 Å². The van der Waals surface area contributed by atoms with Crippen molar-refractivity contribution >= 4 is 34.5 Å². The Kier molecular flexibility index (Phi) is 4.80. The van der Waals surface area contributed by atoms with E-state index in [9.17, 15) is 4.79 Å². The molecule has 2 unspecified atom stereocenters. The number of ether oxygens (including phenoxy) is 1. The van der Waals surface area contributed by atoms with Crippen LogP contribution in [-0.4, -0.2) is 30.8 Å². The highest BCUT2D eigenvalue weighted by molar-refractivity contribution is 7.19. The average molecular weight is 366 g/mol. The lowest BCUT2D eigenvalue weighted by Gasteiger charge is -2.29. The Balaban J connectivity index is 1.84. The normalized spacial score (nSPS) is 21.8. The Hall–Kier alpha value is -1.63. The van der Waals surface area contributed by atoms with Gasteiger partial charge in [0.2, 0.25) is 0 Å². The van der Waals surface area contributed by atoms with Crippen molar-refractivity contribution in [1.82, 2.24) is 4.98 Å². The number of hydrogen-bond acceptors (Lipinski definition) is 6. The van der Waals surface area contributed by atoms with Gasteiger partial charge in [-0.3, -0.25) is 10.5 Å². The van der Waals surface area contributed by atoms with Gasteiger partial charge in [-0.25, -0.2) is 4.98 Å². The molecule has 7 heteroatoms. The summed E-state index contributed by atoms with van der Waals surface area (Å²) in [5, 5.41) is 1.67. The van der Waals surface area contributed by atoms with Crippen molar-refractivity contribution in [3.63, 3.8) is 0 Å². The van der Waals surface area contributed by atoms with Crippen LogP contribution < -0.4 is 10.6 Å². The van der Waals surface area contributed by atoms with Crippen LogP contribution in [0.15, 0.2) is 24.3 Å². The fourth-order valence-corrected chi connectivity index (χ4v) is 4.43. The molecule has 0 radical (unpaired) electrons. The van der Waals surface area contributed by atoms with Gasteiger partial charge in [-0.05, 0) is 19.4 Å². The molecule has 0 bridgehead atoms. The number of nitrogens with two attached hydrogens (primary N) is 1. The molecule has 2 atom stereocenters. The summed E-state index contributed by atoms with van der Waals surface area (Å²) >= 11 is 7.95. The molecule has 0 aliphatic carbocycles. The van der Waals surface area contributed by atoms with E-state index in [1.54, 1.807) is 11.3 Å². The summed E-state index contributed by atoms with van der Waals surface area (Å²) in [6.45, 7) is 5.99. The van der Waals surface area contributed by atoms with E-state index in [1.807, 2.05) is 38.1 Å². The van der Waals surface area contributed by atoms with E-state index < -0.39 is 6.23 Å². The number of carbonyl (C=O) groups excluding carboxylic acids is 1. The number of aromatic nitrogens is 1. The molecule has 1 aliphatic rings. The second kappa shape index (κ2) is 6.70. The number of thiazole rings is 1. The highest BCUT2D eigenvalue weighted by Crippen LogP contribution is 2.41. The number of halogens is 1. The smallest absolute Gasteiger partial charge is 0.294 e. The lowest BCUT2D eigenvalue weighted by atomic mass is 9.88. The minimum absolute atomic E-state index is 0.273. The highest BCUT2D eigenvalue weighted by Gasteiger charge is 2.41. The number of rotatable bonds is 5. The zero-order valence-electron chi connectivity index (χ0n) is 13.7. The number of anilines is 1. The van der Waals surface area contributed by atoms with Gasteiger partial charge in [0.25, 0.3) is 6.47 Å². The van der Waals surface area contributed by atoms with Crippen LogP contribution >= 0.6 is 22.9 Å². The van der Waals surface area contributed by atoms with Crippen LogP contribution in [-0.2, 0) is 9.53 Å². The largest absolute Gasteiger partial charge is 0.448 e. The topological polar surface area (TPSA) is 68.5 Å². The van der Waals surface area contributed by atoms with Crippen LogP contribution in [0.2, 0.25) is 5.02 Å². The molecule has 5 nitrogen and oxygen atoms in total. The number of nitrogens with zero attached hydrogens (tertiary/aromatic N) is 2. The van der Waals surface area contributed by atoms with Crippen LogP contribution in [0, 0.1) is 12.3 Å². The zero-order valence-corrected chi connectivity index (χ0v) is 15.2. The molecule has 1 aliphatic heterocycles. The Bertz CT molecular complexity index is 751. The van der Waals surface area contributed by atoms with Crippen LogP contribution in [0.5, 0.6) is 0 Å². The lowest BCUT2D eigenvalue weighted by Crippen LogP contribution is -2.43. The second-order valence-electron chi connectivity index (χ2n) is 6.37. The summed E-state index contributed by atoms with van der Waals surface area (Å²) in [6.07, 6.45) is 0.242. The fraction of sp³-hybridized carbons (Fsp3) is 0.412. The SMILES string of the molecule is Cc1nc(N2CCC(C)(C(N)OC=O)C2)sc1-c1ccccc1Cl. The quantitative estimate of drug-likeness (QED) is 0.649. The molecule has 1 aromatic carbocycles. The maximum absolute atomic E-state index is 10.6. The molecule has 24 heavy (non-hydrogen) atoms. The Morgan fingerprint density at radius 1 is 1.50 bits per heavy atom. The predicted molar refractivity (Wildman–Crippen MR) is 97.4 cm³/mol. The molecule has 0 amide bonds. The molecule has 1 fully saturated rings. The molecule has 1 aromatic heterocycles. The molecule has 2 heterocycles. The molecule has 1 saturated heterocycles. The number of carbonyl (C=O) groups is 1. The van der Waals surface area contributed by atoms with Gasteiger partial charge in [0.05, 0.1) is 10.6 Å². The van der Waals surface area contributed by atoms with Gasteiger partial charge in [0.15, 0.2) is 11.4 Å². The molecule has 2 aromatic rings. The van der Waals surface area contributed by atoms with E-state index in [2.05, 4.69) is 4.90 Å². The first kappa shape index (κ1) is 17.2. The van der Waals surface area contributed by atoms with Gasteiger partial charge in [0.1, 0.15) is 0 Å². The van der Waals surface area contributed by atoms with Crippen molar-refractivity contribution in [1.29, 1.82) is 0 Å². The first-order valence-electron chi connectivity index (χ1n) is 7.76. The van der Waals surface area contributed by atoms with Crippen molar-refractivity contribution < 1.29 is 9.53 Å². The summed E-state index contributed by atoms with van der Waals surface area (Å²) < 4.78 is 4.96. The van der Waals surface area contributed by atoms with E-state index in [1.165, 1.54) is 0 Å². The van der Waals surface area contributed by atoms with Crippen LogP contribution in [0.4, 0.5) is 5.13 Å². The number of aryl methyl sites for hydroxylation is 1. The van der Waals surface area contributed by atoms with E-state index in [4.69, 9.17) is 27.1 Å². The average Bonchev–Trinajstić information content (AvgIpc) is 3.13. The van der Waals surface area contributed by atoms with Crippen molar-refractivity contribution in [2.24, 2.45) is 11.1 Å². The van der Waals surface area contributed by atoms with Crippen molar-refractivity contribution in [2.75, 3.05) is 18.0 Å². The van der Waals surface area contributed by atoms with Gasteiger partial charge >= 0.3 is 0 Å². The molecular weight excluding hydrogens is 346 g/mol. The summed E-state index contributed by atoms with van der Waals surface area (Å²) in [5.41, 5.74) is 7.69. The van der Waals surface area contributed by atoms with Crippen molar-refractivity contribution in [3.8, 4) is 10.4 Å². The first-order valence-corrected chi connectivity index (χ1v) is 8.96. The summed E-state index contributed by atoms with van der Waals surface area (Å²) in [6, 6.07) is 7.79. The Labute approximate surface area is 150 Å². The molecule has 0 spiro atoms. The monoisotopic (exact) mass is 365 g/mol. The summed E-state index contributed by atoms with van der Waals surface area (Å²) in [7, 11) is 0. The third-order valence-electron chi connectivity index (χ3n) is 4.57. The predicted octanol–water partition coefficient (Wildman–Crippen LogP) is 3.45. The van der Waals surface area contributed by atoms with Crippen molar-refractivity contribution in [3.05, 3.63) is 35.0 Å². The Morgan fingerprint density at radius 2 is 2.25 bits per heavy atom. The van der Waals surface area contributed by atoms with Gasteiger partial charge in [-0.2, -0.15) is 0 Å². The molecular formula is C17H20ClN3O2S. The maximum atomic E-state index is 10.6. The first-order chi connectivity index (χ1) is 11.4. The third-order valence-corrected chi connectivity index (χ3v) is 6.15. The molecule has 0 saturated carbocycles. The molecule has 3 rings (SSSR count). The summed E-state index contributed by atoms with van der Waals surface area (Å²) in [5.74, 6) is 0. The number of hydrogen-bond donors (Lipinski definition) is 1. The summed E-state index contributed by atoms with van der Waals surface area (Å²) in [4.78, 5) is 18.6. The third kappa shape index (κ3) is 3.14. The Morgan fingerprint density at radius 3 is 2.96 bits per heavy atom.